The van der Waals surface area contributed by atoms with E-state index in [9.17, 15) is 9.90 Å². The first kappa shape index (κ1) is 20.6. The van der Waals surface area contributed by atoms with Crippen molar-refractivity contribution in [1.82, 2.24) is 20.3 Å². The molecule has 1 fully saturated rings. The van der Waals surface area contributed by atoms with Crippen LogP contribution in [-0.4, -0.2) is 58.8 Å². The minimum Gasteiger partial charge on any atom is -0.508 e. The van der Waals surface area contributed by atoms with Crippen molar-refractivity contribution in [3.8, 4) is 5.75 Å². The molecule has 2 amide bonds. The van der Waals surface area contributed by atoms with Gasteiger partial charge in [-0.25, -0.2) is 19.7 Å². The normalized spacial score (nSPS) is 14.0. The Kier molecular flexibility index (Phi) is 6.01. The van der Waals surface area contributed by atoms with Crippen molar-refractivity contribution in [2.75, 3.05) is 47.8 Å². The summed E-state index contributed by atoms with van der Waals surface area (Å²) in [5.74, 6) is 1.57. The van der Waals surface area contributed by atoms with E-state index in [1.165, 1.54) is 6.20 Å². The first-order chi connectivity index (χ1) is 15.1. The molecule has 31 heavy (non-hydrogen) atoms. The van der Waals surface area contributed by atoms with Gasteiger partial charge in [-0.1, -0.05) is 6.92 Å². The van der Waals surface area contributed by atoms with Gasteiger partial charge in [0.2, 0.25) is 0 Å². The highest BCUT2D eigenvalue weighted by Gasteiger charge is 2.19. The Morgan fingerprint density at radius 2 is 1.84 bits per heavy atom. The van der Waals surface area contributed by atoms with Gasteiger partial charge in [0.1, 0.15) is 17.1 Å². The number of carbonyl (C=O) groups excluding carboxylic acids is 1. The molecular weight excluding hydrogens is 394 g/mol. The number of benzene rings is 1. The predicted octanol–water partition coefficient (Wildman–Crippen LogP) is 2.76. The van der Waals surface area contributed by atoms with Crippen LogP contribution in [0, 0.1) is 0 Å². The smallest absolute Gasteiger partial charge is 0.320 e. The predicted molar refractivity (Wildman–Crippen MR) is 122 cm³/mol. The molecule has 2 aromatic heterocycles. The summed E-state index contributed by atoms with van der Waals surface area (Å²) in [6, 6.07) is 9.36. The monoisotopic (exact) mass is 421 g/mol. The van der Waals surface area contributed by atoms with E-state index in [2.05, 4.69) is 41.5 Å². The van der Waals surface area contributed by atoms with Crippen LogP contribution in [0.1, 0.15) is 19.4 Å². The van der Waals surface area contributed by atoms with E-state index >= 15 is 0 Å². The zero-order valence-electron chi connectivity index (χ0n) is 17.8. The van der Waals surface area contributed by atoms with Crippen LogP contribution < -0.4 is 20.4 Å². The average Bonchev–Trinajstić information content (AvgIpc) is 2.79. The number of rotatable bonds is 5. The van der Waals surface area contributed by atoms with Gasteiger partial charge < -0.3 is 20.2 Å². The molecule has 0 unspecified atom stereocenters. The van der Waals surface area contributed by atoms with Crippen LogP contribution in [0.25, 0.3) is 11.2 Å². The third-order valence-corrected chi connectivity index (χ3v) is 5.38. The Morgan fingerprint density at radius 3 is 2.58 bits per heavy atom. The third-order valence-electron chi connectivity index (χ3n) is 5.38. The molecule has 0 bridgehead atoms. The molecule has 0 radical (unpaired) electrons. The van der Waals surface area contributed by atoms with Crippen LogP contribution in [-0.2, 0) is 6.42 Å². The second kappa shape index (κ2) is 9.03. The lowest BCUT2D eigenvalue weighted by Crippen LogP contribution is -2.46. The van der Waals surface area contributed by atoms with Gasteiger partial charge in [-0.15, -0.1) is 0 Å². The van der Waals surface area contributed by atoms with Crippen molar-refractivity contribution in [2.24, 2.45) is 0 Å². The number of aromatic hydroxyl groups is 1. The van der Waals surface area contributed by atoms with E-state index in [0.717, 1.165) is 49.7 Å². The number of anilines is 3. The Hall–Kier alpha value is -3.62. The maximum absolute atomic E-state index is 11.7. The zero-order valence-corrected chi connectivity index (χ0v) is 17.8. The van der Waals surface area contributed by atoms with Crippen LogP contribution in [0.3, 0.4) is 0 Å². The molecule has 0 spiro atoms. The zero-order chi connectivity index (χ0) is 21.8. The van der Waals surface area contributed by atoms with Crippen LogP contribution >= 0.6 is 0 Å². The molecule has 3 N–H and O–H groups in total. The molecule has 1 aromatic carbocycles. The molecule has 1 aliphatic heterocycles. The van der Waals surface area contributed by atoms with Crippen LogP contribution in [0.15, 0.2) is 36.5 Å². The summed E-state index contributed by atoms with van der Waals surface area (Å²) in [4.78, 5) is 29.7. The molecule has 4 rings (SSSR count). The van der Waals surface area contributed by atoms with Crippen molar-refractivity contribution in [3.05, 3.63) is 42.1 Å². The lowest BCUT2D eigenvalue weighted by Gasteiger charge is -2.37. The van der Waals surface area contributed by atoms with Crippen molar-refractivity contribution in [3.63, 3.8) is 0 Å². The number of carbonyl (C=O) groups is 1. The molecular formula is C22H27N7O2. The standard InChI is InChI=1S/C22H27N7O2/c1-3-15-13-16(5-7-18(15)30)28-9-11-29(12-10-28)20-8-6-17-21(27-20)25-19(14-24-17)26-22(31)23-4-2/h5-8,13-14,30H,3-4,9-12H2,1-2H3,(H2,23,25,26,27,31). The fourth-order valence-electron chi connectivity index (χ4n) is 3.69. The Labute approximate surface area is 181 Å². The lowest BCUT2D eigenvalue weighted by atomic mass is 10.1. The average molecular weight is 422 g/mol. The fraction of sp³-hybridized carbons (Fsp3) is 0.364. The maximum Gasteiger partial charge on any atom is 0.320 e. The van der Waals surface area contributed by atoms with Gasteiger partial charge in [0, 0.05) is 38.4 Å². The third kappa shape index (κ3) is 4.60. The topological polar surface area (TPSA) is 107 Å². The molecule has 1 aliphatic rings. The summed E-state index contributed by atoms with van der Waals surface area (Å²) in [6.07, 6.45) is 2.33. The highest BCUT2D eigenvalue weighted by molar-refractivity contribution is 5.89. The highest BCUT2D eigenvalue weighted by Crippen LogP contribution is 2.26. The molecule has 9 nitrogen and oxygen atoms in total. The summed E-state index contributed by atoms with van der Waals surface area (Å²) >= 11 is 0. The number of aryl methyl sites for hydroxylation is 1. The molecule has 1 saturated heterocycles. The second-order valence-corrected chi connectivity index (χ2v) is 7.39. The van der Waals surface area contributed by atoms with E-state index in [4.69, 9.17) is 0 Å². The van der Waals surface area contributed by atoms with Gasteiger partial charge >= 0.3 is 6.03 Å². The number of amides is 2. The van der Waals surface area contributed by atoms with Crippen molar-refractivity contribution in [1.29, 1.82) is 0 Å². The number of fused-ring (bicyclic) bond motifs is 1. The lowest BCUT2D eigenvalue weighted by molar-refractivity contribution is 0.252. The van der Waals surface area contributed by atoms with Crippen molar-refractivity contribution >= 4 is 34.5 Å². The Balaban J connectivity index is 1.46. The second-order valence-electron chi connectivity index (χ2n) is 7.39. The Morgan fingerprint density at radius 1 is 1.06 bits per heavy atom. The number of urea groups is 1. The number of nitrogens with one attached hydrogen (secondary N) is 2. The van der Waals surface area contributed by atoms with Gasteiger partial charge in [-0.2, -0.15) is 0 Å². The van der Waals surface area contributed by atoms with E-state index < -0.39 is 0 Å². The maximum atomic E-state index is 11.7. The van der Waals surface area contributed by atoms with Crippen LogP contribution in [0.5, 0.6) is 5.75 Å². The van der Waals surface area contributed by atoms with E-state index in [0.29, 0.717) is 29.3 Å². The molecule has 0 aliphatic carbocycles. The van der Waals surface area contributed by atoms with Gasteiger partial charge in [0.05, 0.1) is 6.20 Å². The van der Waals surface area contributed by atoms with Crippen LogP contribution in [0.4, 0.5) is 22.1 Å². The van der Waals surface area contributed by atoms with Crippen molar-refractivity contribution in [2.45, 2.75) is 20.3 Å². The van der Waals surface area contributed by atoms with Crippen molar-refractivity contribution < 1.29 is 9.90 Å². The summed E-state index contributed by atoms with van der Waals surface area (Å²) in [7, 11) is 0. The number of phenolic OH excluding ortho intramolecular Hbond substituents is 1. The minimum absolute atomic E-state index is 0.316. The number of nitrogens with zero attached hydrogens (tertiary/aromatic N) is 5. The summed E-state index contributed by atoms with van der Waals surface area (Å²) < 4.78 is 0. The van der Waals surface area contributed by atoms with E-state index in [1.807, 2.05) is 32.0 Å². The molecule has 0 saturated carbocycles. The molecule has 0 atom stereocenters. The summed E-state index contributed by atoms with van der Waals surface area (Å²) in [5, 5.41) is 15.3. The number of piperazine rings is 1. The number of pyridine rings is 1. The van der Waals surface area contributed by atoms with Gasteiger partial charge in [0.25, 0.3) is 0 Å². The van der Waals surface area contributed by atoms with E-state index in [1.54, 1.807) is 6.07 Å². The first-order valence-corrected chi connectivity index (χ1v) is 10.6. The largest absolute Gasteiger partial charge is 0.508 e. The Bertz CT molecular complexity index is 1080. The minimum atomic E-state index is -0.316. The first-order valence-electron chi connectivity index (χ1n) is 10.6. The van der Waals surface area contributed by atoms with Gasteiger partial charge in [-0.05, 0) is 49.2 Å². The summed E-state index contributed by atoms with van der Waals surface area (Å²) in [6.45, 7) is 7.80. The molecule has 162 valence electrons. The highest BCUT2D eigenvalue weighted by atomic mass is 16.3. The number of hydrogen-bond donors (Lipinski definition) is 3. The molecule has 3 aromatic rings. The number of phenols is 1. The fourth-order valence-corrected chi connectivity index (χ4v) is 3.69. The molecule has 9 heteroatoms. The quantitative estimate of drug-likeness (QED) is 0.582. The SMILES string of the molecule is CCNC(=O)Nc1cnc2ccc(N3CCN(c4ccc(O)c(CC)c4)CC3)nc2n1. The van der Waals surface area contributed by atoms with Gasteiger partial charge in [0.15, 0.2) is 11.5 Å². The van der Waals surface area contributed by atoms with E-state index in [-0.39, 0.29) is 6.03 Å². The summed E-state index contributed by atoms with van der Waals surface area (Å²) in [5.41, 5.74) is 3.28. The van der Waals surface area contributed by atoms with Crippen LogP contribution in [0.2, 0.25) is 0 Å². The van der Waals surface area contributed by atoms with Gasteiger partial charge in [-0.3, -0.25) is 5.32 Å². The number of aromatic nitrogens is 3. The molecule has 3 heterocycles. The number of hydrogen-bond acceptors (Lipinski definition) is 7.